The molecule has 0 bridgehead atoms. The van der Waals surface area contributed by atoms with Gasteiger partial charge in [-0.1, -0.05) is 20.8 Å². The van der Waals surface area contributed by atoms with Crippen molar-refractivity contribution in [3.63, 3.8) is 0 Å². The fourth-order valence-corrected chi connectivity index (χ4v) is 5.03. The standard InChI is InChI=1S/C14H23BrN2O3S/c1-10(2)16-8-12-7-13(14(15)20-12)21(18,19)17-6-4-5-11(3)9-17/h7,10-11,16H,4-6,8-9H2,1-3H3. The lowest BCUT2D eigenvalue weighted by Crippen LogP contribution is -2.39. The van der Waals surface area contributed by atoms with E-state index in [2.05, 4.69) is 28.2 Å². The van der Waals surface area contributed by atoms with Crippen LogP contribution in [-0.4, -0.2) is 31.9 Å². The minimum atomic E-state index is -3.48. The molecule has 1 saturated heterocycles. The van der Waals surface area contributed by atoms with Gasteiger partial charge in [-0.25, -0.2) is 8.42 Å². The van der Waals surface area contributed by atoms with Crippen LogP contribution in [0.1, 0.15) is 39.4 Å². The topological polar surface area (TPSA) is 62.6 Å². The summed E-state index contributed by atoms with van der Waals surface area (Å²) in [6.45, 7) is 7.84. The van der Waals surface area contributed by atoms with Gasteiger partial charge in [0.05, 0.1) is 6.54 Å². The van der Waals surface area contributed by atoms with Crippen LogP contribution in [-0.2, 0) is 16.6 Å². The summed E-state index contributed by atoms with van der Waals surface area (Å²) in [6.07, 6.45) is 2.00. The molecule has 0 spiro atoms. The largest absolute Gasteiger partial charge is 0.452 e. The van der Waals surface area contributed by atoms with Gasteiger partial charge in [-0.05, 0) is 34.7 Å². The highest BCUT2D eigenvalue weighted by atomic mass is 79.9. The molecule has 5 nitrogen and oxygen atoms in total. The Kier molecular flexibility index (Phi) is 5.51. The van der Waals surface area contributed by atoms with E-state index < -0.39 is 10.0 Å². The van der Waals surface area contributed by atoms with Gasteiger partial charge in [0, 0.05) is 25.2 Å². The van der Waals surface area contributed by atoms with Gasteiger partial charge in [0.25, 0.3) is 0 Å². The molecule has 0 saturated carbocycles. The Labute approximate surface area is 135 Å². The Hall–Kier alpha value is -0.370. The van der Waals surface area contributed by atoms with Crippen molar-refractivity contribution in [2.45, 2.75) is 51.1 Å². The molecule has 2 rings (SSSR count). The molecule has 0 aliphatic carbocycles. The van der Waals surface area contributed by atoms with E-state index in [9.17, 15) is 8.42 Å². The first-order valence-electron chi connectivity index (χ1n) is 7.32. The molecule has 7 heteroatoms. The Morgan fingerprint density at radius 3 is 2.86 bits per heavy atom. The molecular weight excluding hydrogens is 356 g/mol. The summed E-state index contributed by atoms with van der Waals surface area (Å²) in [7, 11) is -3.48. The Morgan fingerprint density at radius 2 is 2.24 bits per heavy atom. The highest BCUT2D eigenvalue weighted by Gasteiger charge is 2.32. The van der Waals surface area contributed by atoms with E-state index in [1.165, 1.54) is 0 Å². The zero-order valence-corrected chi connectivity index (χ0v) is 15.1. The van der Waals surface area contributed by atoms with E-state index in [0.29, 0.717) is 42.0 Å². The maximum atomic E-state index is 12.7. The highest BCUT2D eigenvalue weighted by molar-refractivity contribution is 9.10. The third kappa shape index (κ3) is 4.09. The van der Waals surface area contributed by atoms with Crippen LogP contribution < -0.4 is 5.32 Å². The second kappa shape index (κ2) is 6.81. The lowest BCUT2D eigenvalue weighted by Gasteiger charge is -2.29. The minimum absolute atomic E-state index is 0.233. The molecule has 1 unspecified atom stereocenters. The number of rotatable bonds is 5. The molecule has 120 valence electrons. The van der Waals surface area contributed by atoms with Crippen LogP contribution in [0.4, 0.5) is 0 Å². The number of halogens is 1. The average molecular weight is 379 g/mol. The maximum absolute atomic E-state index is 12.7. The first-order valence-corrected chi connectivity index (χ1v) is 9.55. The van der Waals surface area contributed by atoms with Gasteiger partial charge in [-0.2, -0.15) is 4.31 Å². The van der Waals surface area contributed by atoms with Crippen LogP contribution in [0.2, 0.25) is 0 Å². The van der Waals surface area contributed by atoms with Crippen molar-refractivity contribution in [1.82, 2.24) is 9.62 Å². The summed E-state index contributed by atoms with van der Waals surface area (Å²) in [4.78, 5) is 0.233. The van der Waals surface area contributed by atoms with Crippen molar-refractivity contribution in [3.8, 4) is 0 Å². The summed E-state index contributed by atoms with van der Waals surface area (Å²) < 4.78 is 32.8. The lowest BCUT2D eigenvalue weighted by molar-refractivity contribution is 0.281. The van der Waals surface area contributed by atoms with Gasteiger partial charge in [-0.3, -0.25) is 0 Å². The molecule has 1 aromatic heterocycles. The van der Waals surface area contributed by atoms with Crippen molar-refractivity contribution in [3.05, 3.63) is 16.5 Å². The summed E-state index contributed by atoms with van der Waals surface area (Å²) in [5.41, 5.74) is 0. The second-order valence-electron chi connectivity index (χ2n) is 6.00. The number of nitrogens with one attached hydrogen (secondary N) is 1. The van der Waals surface area contributed by atoms with E-state index in [0.717, 1.165) is 12.8 Å². The SMILES string of the molecule is CC1CCCN(S(=O)(=O)c2cc(CNC(C)C)oc2Br)C1. The molecule has 0 amide bonds. The van der Waals surface area contributed by atoms with E-state index in [-0.39, 0.29) is 4.90 Å². The number of nitrogens with zero attached hydrogens (tertiary/aromatic N) is 1. The fourth-order valence-electron chi connectivity index (χ4n) is 2.47. The smallest absolute Gasteiger partial charge is 0.247 e. The predicted octanol–water partition coefficient (Wildman–Crippen LogP) is 2.96. The van der Waals surface area contributed by atoms with Crippen LogP contribution in [0.15, 0.2) is 20.0 Å². The molecule has 0 radical (unpaired) electrons. The zero-order valence-electron chi connectivity index (χ0n) is 12.7. The third-order valence-corrected chi connectivity index (χ3v) is 6.35. The van der Waals surface area contributed by atoms with Crippen molar-refractivity contribution in [2.75, 3.05) is 13.1 Å². The minimum Gasteiger partial charge on any atom is -0.452 e. The average Bonchev–Trinajstić information content (AvgIpc) is 2.78. The van der Waals surface area contributed by atoms with Gasteiger partial charge < -0.3 is 9.73 Å². The zero-order chi connectivity index (χ0) is 15.6. The third-order valence-electron chi connectivity index (χ3n) is 3.63. The number of hydrogen-bond donors (Lipinski definition) is 1. The molecule has 21 heavy (non-hydrogen) atoms. The van der Waals surface area contributed by atoms with Gasteiger partial charge in [0.15, 0.2) is 4.67 Å². The van der Waals surface area contributed by atoms with E-state index in [4.69, 9.17) is 4.42 Å². The maximum Gasteiger partial charge on any atom is 0.247 e. The second-order valence-corrected chi connectivity index (χ2v) is 8.62. The molecule has 0 aromatic carbocycles. The van der Waals surface area contributed by atoms with E-state index >= 15 is 0 Å². The number of furan rings is 1. The molecule has 1 aliphatic heterocycles. The monoisotopic (exact) mass is 378 g/mol. The van der Waals surface area contributed by atoms with Gasteiger partial charge in [-0.15, -0.1) is 0 Å². The first kappa shape index (κ1) is 17.0. The fraction of sp³-hybridized carbons (Fsp3) is 0.714. The number of piperidine rings is 1. The number of sulfonamides is 1. The highest BCUT2D eigenvalue weighted by Crippen LogP contribution is 2.31. The van der Waals surface area contributed by atoms with Crippen molar-refractivity contribution in [2.24, 2.45) is 5.92 Å². The van der Waals surface area contributed by atoms with Crippen LogP contribution in [0, 0.1) is 5.92 Å². The van der Waals surface area contributed by atoms with Gasteiger partial charge in [0.2, 0.25) is 10.0 Å². The normalized spacial score (nSPS) is 21.1. The molecule has 2 heterocycles. The molecule has 1 aromatic rings. The molecule has 1 atom stereocenters. The van der Waals surface area contributed by atoms with Crippen molar-refractivity contribution < 1.29 is 12.8 Å². The van der Waals surface area contributed by atoms with Crippen molar-refractivity contribution >= 4 is 26.0 Å². The van der Waals surface area contributed by atoms with Crippen LogP contribution in [0.3, 0.4) is 0 Å². The summed E-state index contributed by atoms with van der Waals surface area (Å²) >= 11 is 3.24. The van der Waals surface area contributed by atoms with E-state index in [1.807, 2.05) is 13.8 Å². The van der Waals surface area contributed by atoms with Gasteiger partial charge in [0.1, 0.15) is 10.7 Å². The Bertz CT molecular complexity index is 583. The van der Waals surface area contributed by atoms with Crippen LogP contribution in [0.5, 0.6) is 0 Å². The Morgan fingerprint density at radius 1 is 1.52 bits per heavy atom. The van der Waals surface area contributed by atoms with Gasteiger partial charge >= 0.3 is 0 Å². The molecule has 1 N–H and O–H groups in total. The van der Waals surface area contributed by atoms with Crippen LogP contribution in [0.25, 0.3) is 0 Å². The summed E-state index contributed by atoms with van der Waals surface area (Å²) in [6, 6.07) is 1.94. The number of hydrogen-bond acceptors (Lipinski definition) is 4. The Balaban J connectivity index is 2.19. The quantitative estimate of drug-likeness (QED) is 0.855. The van der Waals surface area contributed by atoms with E-state index in [1.54, 1.807) is 10.4 Å². The molecule has 1 aliphatic rings. The van der Waals surface area contributed by atoms with Crippen LogP contribution >= 0.6 is 15.9 Å². The lowest BCUT2D eigenvalue weighted by atomic mass is 10.0. The first-order chi connectivity index (χ1) is 9.80. The predicted molar refractivity (Wildman–Crippen MR) is 85.5 cm³/mol. The summed E-state index contributed by atoms with van der Waals surface area (Å²) in [5, 5.41) is 3.22. The molecular formula is C14H23BrN2O3S. The molecule has 1 fully saturated rings. The summed E-state index contributed by atoms with van der Waals surface area (Å²) in [5.74, 6) is 1.03. The van der Waals surface area contributed by atoms with Crippen molar-refractivity contribution in [1.29, 1.82) is 0 Å².